The number of morpholine rings is 1. The van der Waals surface area contributed by atoms with E-state index in [0.717, 1.165) is 57.0 Å². The Bertz CT molecular complexity index is 580. The van der Waals surface area contributed by atoms with E-state index < -0.39 is 0 Å². The van der Waals surface area contributed by atoms with E-state index in [4.69, 9.17) is 4.74 Å². The van der Waals surface area contributed by atoms with E-state index in [1.807, 2.05) is 13.2 Å². The molecule has 2 aliphatic heterocycles. The van der Waals surface area contributed by atoms with Crippen LogP contribution < -0.4 is 10.2 Å². The summed E-state index contributed by atoms with van der Waals surface area (Å²) in [6.45, 7) is 9.95. The highest BCUT2D eigenvalue weighted by Crippen LogP contribution is 2.17. The summed E-state index contributed by atoms with van der Waals surface area (Å²) in [6.07, 6.45) is 4.80. The zero-order valence-electron chi connectivity index (χ0n) is 16.1. The molecule has 146 valence electrons. The third-order valence-electron chi connectivity index (χ3n) is 4.99. The Labute approximate surface area is 174 Å². The van der Waals surface area contributed by atoms with Crippen molar-refractivity contribution in [2.24, 2.45) is 10.9 Å². The Hall–Kier alpha value is -1.09. The Morgan fingerprint density at radius 2 is 2.15 bits per heavy atom. The molecule has 0 radical (unpaired) electrons. The van der Waals surface area contributed by atoms with Crippen LogP contribution in [0.3, 0.4) is 0 Å². The summed E-state index contributed by atoms with van der Waals surface area (Å²) in [4.78, 5) is 13.7. The lowest BCUT2D eigenvalue weighted by Gasteiger charge is -2.33. The number of hydrogen-bond acceptors (Lipinski definition) is 4. The lowest BCUT2D eigenvalue weighted by Crippen LogP contribution is -2.45. The molecular weight excluding hydrogens is 441 g/mol. The van der Waals surface area contributed by atoms with Crippen molar-refractivity contribution in [1.82, 2.24) is 15.2 Å². The lowest BCUT2D eigenvalue weighted by atomic mass is 10.0. The zero-order chi connectivity index (χ0) is 17.6. The van der Waals surface area contributed by atoms with Gasteiger partial charge >= 0.3 is 0 Å². The third kappa shape index (κ3) is 5.70. The predicted molar refractivity (Wildman–Crippen MR) is 117 cm³/mol. The van der Waals surface area contributed by atoms with Crippen LogP contribution in [0.1, 0.15) is 32.3 Å². The molecule has 2 aliphatic rings. The van der Waals surface area contributed by atoms with Crippen molar-refractivity contribution in [3.05, 3.63) is 23.9 Å². The summed E-state index contributed by atoms with van der Waals surface area (Å²) in [7, 11) is 1.86. The minimum Gasteiger partial charge on any atom is -0.375 e. The van der Waals surface area contributed by atoms with Gasteiger partial charge in [0.25, 0.3) is 0 Å². The largest absolute Gasteiger partial charge is 0.375 e. The van der Waals surface area contributed by atoms with Crippen LogP contribution >= 0.6 is 24.0 Å². The molecule has 1 aromatic heterocycles. The number of guanidine groups is 1. The minimum atomic E-state index is 0. The van der Waals surface area contributed by atoms with Gasteiger partial charge in [-0.05, 0) is 37.3 Å². The molecule has 0 amide bonds. The van der Waals surface area contributed by atoms with Gasteiger partial charge < -0.3 is 19.9 Å². The molecular formula is C19H32IN5O. The monoisotopic (exact) mass is 473 g/mol. The van der Waals surface area contributed by atoms with Gasteiger partial charge in [0.1, 0.15) is 5.82 Å². The number of aliphatic imine (C=N–C) groups is 1. The fourth-order valence-corrected chi connectivity index (χ4v) is 3.63. The molecule has 2 atom stereocenters. The molecule has 0 aromatic carbocycles. The van der Waals surface area contributed by atoms with Crippen LogP contribution in [-0.4, -0.2) is 61.8 Å². The molecule has 0 aliphatic carbocycles. The van der Waals surface area contributed by atoms with Crippen LogP contribution in [0.15, 0.2) is 23.3 Å². The molecule has 3 heterocycles. The van der Waals surface area contributed by atoms with Crippen molar-refractivity contribution in [1.29, 1.82) is 0 Å². The third-order valence-corrected chi connectivity index (χ3v) is 4.99. The van der Waals surface area contributed by atoms with Crippen molar-refractivity contribution in [3.8, 4) is 0 Å². The second-order valence-electron chi connectivity index (χ2n) is 7.25. The second kappa shape index (κ2) is 10.3. The highest BCUT2D eigenvalue weighted by atomic mass is 127. The number of rotatable bonds is 3. The van der Waals surface area contributed by atoms with Gasteiger partial charge in [0.2, 0.25) is 0 Å². The van der Waals surface area contributed by atoms with Crippen LogP contribution in [0, 0.1) is 5.92 Å². The minimum absolute atomic E-state index is 0. The van der Waals surface area contributed by atoms with Gasteiger partial charge in [-0.25, -0.2) is 4.98 Å². The number of pyridine rings is 1. The van der Waals surface area contributed by atoms with E-state index in [1.165, 1.54) is 18.4 Å². The summed E-state index contributed by atoms with van der Waals surface area (Å²) in [6, 6.07) is 4.27. The van der Waals surface area contributed by atoms with Crippen molar-refractivity contribution in [2.45, 2.75) is 39.3 Å². The van der Waals surface area contributed by atoms with Crippen molar-refractivity contribution >= 4 is 35.8 Å². The van der Waals surface area contributed by atoms with Gasteiger partial charge in [0.15, 0.2) is 5.96 Å². The van der Waals surface area contributed by atoms with E-state index >= 15 is 0 Å². The van der Waals surface area contributed by atoms with Crippen LogP contribution in [0.2, 0.25) is 0 Å². The fraction of sp³-hybridized carbons (Fsp3) is 0.684. The van der Waals surface area contributed by atoms with E-state index in [-0.39, 0.29) is 30.1 Å². The first-order chi connectivity index (χ1) is 12.2. The van der Waals surface area contributed by atoms with Gasteiger partial charge in [-0.1, -0.05) is 13.0 Å². The van der Waals surface area contributed by atoms with Crippen LogP contribution in [0.5, 0.6) is 0 Å². The molecule has 2 saturated heterocycles. The number of halogens is 1. The van der Waals surface area contributed by atoms with Crippen molar-refractivity contribution in [3.63, 3.8) is 0 Å². The van der Waals surface area contributed by atoms with Gasteiger partial charge in [-0.3, -0.25) is 4.99 Å². The number of piperidine rings is 1. The highest BCUT2D eigenvalue weighted by molar-refractivity contribution is 14.0. The molecule has 1 aromatic rings. The molecule has 26 heavy (non-hydrogen) atoms. The van der Waals surface area contributed by atoms with E-state index in [0.29, 0.717) is 0 Å². The molecule has 2 fully saturated rings. The van der Waals surface area contributed by atoms with Crippen molar-refractivity contribution < 1.29 is 4.74 Å². The first kappa shape index (κ1) is 21.2. The highest BCUT2D eigenvalue weighted by Gasteiger charge is 2.19. The summed E-state index contributed by atoms with van der Waals surface area (Å²) < 4.78 is 5.60. The number of nitrogens with zero attached hydrogens (tertiary/aromatic N) is 4. The summed E-state index contributed by atoms with van der Waals surface area (Å²) in [5.41, 5.74) is 1.18. The Kier molecular flexibility index (Phi) is 8.40. The Morgan fingerprint density at radius 1 is 1.31 bits per heavy atom. The Balaban J connectivity index is 0.00000243. The smallest absolute Gasteiger partial charge is 0.193 e. The van der Waals surface area contributed by atoms with Gasteiger partial charge in [0, 0.05) is 46.0 Å². The average Bonchev–Trinajstić information content (AvgIpc) is 2.63. The van der Waals surface area contributed by atoms with Crippen LogP contribution in [0.25, 0.3) is 0 Å². The molecule has 0 spiro atoms. The molecule has 0 saturated carbocycles. The summed E-state index contributed by atoms with van der Waals surface area (Å²) >= 11 is 0. The predicted octanol–water partition coefficient (Wildman–Crippen LogP) is 2.73. The number of nitrogens with one attached hydrogen (secondary N) is 1. The van der Waals surface area contributed by atoms with Crippen molar-refractivity contribution in [2.75, 3.05) is 44.7 Å². The molecule has 3 rings (SSSR count). The number of hydrogen-bond donors (Lipinski definition) is 1. The van der Waals surface area contributed by atoms with Crippen LogP contribution in [-0.2, 0) is 11.3 Å². The Morgan fingerprint density at radius 3 is 2.81 bits per heavy atom. The average molecular weight is 473 g/mol. The van der Waals surface area contributed by atoms with Gasteiger partial charge in [0.05, 0.1) is 12.7 Å². The molecule has 2 unspecified atom stereocenters. The second-order valence-corrected chi connectivity index (χ2v) is 7.25. The summed E-state index contributed by atoms with van der Waals surface area (Å²) in [5, 5.41) is 3.48. The standard InChI is InChI=1S/C19H31N5O.HI/c1-15-5-4-8-24(13-15)19(20-3)22-12-17-6-7-18(21-11-17)23-9-10-25-16(2)14-23;/h6-7,11,15-16H,4-5,8-10,12-14H2,1-3H3,(H,20,22);1H. The van der Waals surface area contributed by atoms with Gasteiger partial charge in [-0.15, -0.1) is 24.0 Å². The number of anilines is 1. The first-order valence-corrected chi connectivity index (χ1v) is 9.43. The number of aromatic nitrogens is 1. The molecule has 7 heteroatoms. The first-order valence-electron chi connectivity index (χ1n) is 9.43. The zero-order valence-corrected chi connectivity index (χ0v) is 18.5. The maximum absolute atomic E-state index is 5.60. The molecule has 1 N–H and O–H groups in total. The lowest BCUT2D eigenvalue weighted by molar-refractivity contribution is 0.0529. The maximum atomic E-state index is 5.60. The van der Waals surface area contributed by atoms with E-state index in [2.05, 4.69) is 51.1 Å². The fourth-order valence-electron chi connectivity index (χ4n) is 3.63. The SMILES string of the molecule is CN=C(NCc1ccc(N2CCOC(C)C2)nc1)N1CCCC(C)C1.I. The van der Waals surface area contributed by atoms with E-state index in [1.54, 1.807) is 0 Å². The number of ether oxygens (including phenoxy) is 1. The summed E-state index contributed by atoms with van der Waals surface area (Å²) in [5.74, 6) is 2.77. The quantitative estimate of drug-likeness (QED) is 0.416. The van der Waals surface area contributed by atoms with E-state index in [9.17, 15) is 0 Å². The molecule has 6 nitrogen and oxygen atoms in total. The number of likely N-dealkylation sites (tertiary alicyclic amines) is 1. The molecule has 0 bridgehead atoms. The normalized spacial score (nSPS) is 24.2. The maximum Gasteiger partial charge on any atom is 0.193 e. The topological polar surface area (TPSA) is 53.0 Å². The van der Waals surface area contributed by atoms with Gasteiger partial charge in [-0.2, -0.15) is 0 Å². The van der Waals surface area contributed by atoms with Crippen LogP contribution in [0.4, 0.5) is 5.82 Å².